The van der Waals surface area contributed by atoms with Crippen LogP contribution in [-0.4, -0.2) is 34.2 Å². The van der Waals surface area contributed by atoms with Crippen LogP contribution in [0.2, 0.25) is 0 Å². The van der Waals surface area contributed by atoms with Crippen LogP contribution >= 0.6 is 0 Å². The van der Waals surface area contributed by atoms with Gasteiger partial charge in [-0.3, -0.25) is 9.59 Å². The molecule has 1 heterocycles. The quantitative estimate of drug-likeness (QED) is 0.843. The maximum Gasteiger partial charge on any atom is 0.245 e. The van der Waals surface area contributed by atoms with Crippen molar-refractivity contribution in [3.63, 3.8) is 0 Å². The first kappa shape index (κ1) is 18.0. The molecule has 0 bridgehead atoms. The first-order valence-corrected chi connectivity index (χ1v) is 8.44. The van der Waals surface area contributed by atoms with E-state index in [1.54, 1.807) is 6.92 Å². The predicted molar refractivity (Wildman–Crippen MR) is 93.0 cm³/mol. The van der Waals surface area contributed by atoms with Crippen molar-refractivity contribution < 1.29 is 18.4 Å². The van der Waals surface area contributed by atoms with Crippen molar-refractivity contribution in [1.82, 2.24) is 9.80 Å². The highest BCUT2D eigenvalue weighted by Crippen LogP contribution is 2.22. The Hall–Kier alpha value is -2.76. The maximum atomic E-state index is 14.3. The predicted octanol–water partition coefficient (Wildman–Crippen LogP) is 3.03. The lowest BCUT2D eigenvalue weighted by atomic mass is 10.1. The third-order valence-electron chi connectivity index (χ3n) is 4.71. The van der Waals surface area contributed by atoms with Crippen LogP contribution in [0.5, 0.6) is 0 Å². The van der Waals surface area contributed by atoms with Gasteiger partial charge in [0, 0.05) is 12.1 Å². The average Bonchev–Trinajstić information content (AvgIpc) is 2.63. The van der Waals surface area contributed by atoms with Gasteiger partial charge in [-0.1, -0.05) is 36.4 Å². The molecule has 1 fully saturated rings. The second kappa shape index (κ2) is 7.23. The van der Waals surface area contributed by atoms with Gasteiger partial charge in [0.05, 0.1) is 6.54 Å². The Kier molecular flexibility index (Phi) is 5.02. The van der Waals surface area contributed by atoms with Gasteiger partial charge in [-0.05, 0) is 31.0 Å². The minimum absolute atomic E-state index is 0.104. The molecule has 1 saturated heterocycles. The van der Waals surface area contributed by atoms with Gasteiger partial charge in [-0.15, -0.1) is 0 Å². The van der Waals surface area contributed by atoms with E-state index in [1.807, 2.05) is 30.3 Å². The molecule has 3 rings (SSSR count). The first-order chi connectivity index (χ1) is 12.4. The molecule has 1 atom stereocenters. The molecule has 0 aromatic heterocycles. The van der Waals surface area contributed by atoms with E-state index >= 15 is 0 Å². The number of amides is 2. The fourth-order valence-corrected chi connectivity index (χ4v) is 3.14. The van der Waals surface area contributed by atoms with Crippen LogP contribution in [0.3, 0.4) is 0 Å². The number of halogens is 2. The summed E-state index contributed by atoms with van der Waals surface area (Å²) < 4.78 is 28.3. The number of aryl methyl sites for hydroxylation is 1. The molecule has 2 amide bonds. The summed E-state index contributed by atoms with van der Waals surface area (Å²) in [6, 6.07) is 11.1. The van der Waals surface area contributed by atoms with Crippen LogP contribution in [0, 0.1) is 18.6 Å². The molecule has 1 aliphatic heterocycles. The Bertz CT molecular complexity index is 839. The average molecular weight is 358 g/mol. The molecule has 4 nitrogen and oxygen atoms in total. The number of carbonyl (C=O) groups excluding carboxylic acids is 2. The number of hydrogen-bond acceptors (Lipinski definition) is 2. The lowest BCUT2D eigenvalue weighted by Crippen LogP contribution is -2.58. The molecule has 2 aromatic carbocycles. The fraction of sp³-hybridized carbons (Fsp3) is 0.300. The number of nitrogens with zero attached hydrogens (tertiary/aromatic N) is 2. The van der Waals surface area contributed by atoms with E-state index < -0.39 is 17.7 Å². The largest absolute Gasteiger partial charge is 0.327 e. The number of piperazine rings is 1. The van der Waals surface area contributed by atoms with E-state index in [1.165, 1.54) is 28.9 Å². The van der Waals surface area contributed by atoms with Gasteiger partial charge in [-0.25, -0.2) is 8.78 Å². The third-order valence-corrected chi connectivity index (χ3v) is 4.71. The standard InChI is InChI=1S/C20H20F2N2O2/c1-13-8-9-17(21)16(19(13)22)11-24-14(2)20(26)23(12-18(24)25)10-15-6-4-3-5-7-15/h3-9,14H,10-12H2,1-2H3/t14-/m0/s1. The molecule has 0 spiro atoms. The highest BCUT2D eigenvalue weighted by atomic mass is 19.1. The second-order valence-electron chi connectivity index (χ2n) is 6.53. The molecule has 0 N–H and O–H groups in total. The molecule has 0 unspecified atom stereocenters. The van der Waals surface area contributed by atoms with Gasteiger partial charge in [0.2, 0.25) is 11.8 Å². The Morgan fingerprint density at radius 1 is 1.04 bits per heavy atom. The lowest BCUT2D eigenvalue weighted by Gasteiger charge is -2.39. The number of carbonyl (C=O) groups is 2. The van der Waals surface area contributed by atoms with Gasteiger partial charge in [-0.2, -0.15) is 0 Å². The smallest absolute Gasteiger partial charge is 0.245 e. The maximum absolute atomic E-state index is 14.3. The number of rotatable bonds is 4. The summed E-state index contributed by atoms with van der Waals surface area (Å²) >= 11 is 0. The molecular weight excluding hydrogens is 338 g/mol. The first-order valence-electron chi connectivity index (χ1n) is 8.44. The minimum Gasteiger partial charge on any atom is -0.327 e. The highest BCUT2D eigenvalue weighted by molar-refractivity contribution is 5.94. The summed E-state index contributed by atoms with van der Waals surface area (Å²) in [6.45, 7) is 3.09. The summed E-state index contributed by atoms with van der Waals surface area (Å²) in [5, 5.41) is 0. The summed E-state index contributed by atoms with van der Waals surface area (Å²) in [4.78, 5) is 27.9. The summed E-state index contributed by atoms with van der Waals surface area (Å²) in [7, 11) is 0. The Labute approximate surface area is 151 Å². The van der Waals surface area contributed by atoms with Crippen LogP contribution in [0.4, 0.5) is 8.78 Å². The number of benzene rings is 2. The van der Waals surface area contributed by atoms with E-state index in [9.17, 15) is 18.4 Å². The normalized spacial score (nSPS) is 17.8. The van der Waals surface area contributed by atoms with E-state index in [0.717, 1.165) is 5.56 Å². The second-order valence-corrected chi connectivity index (χ2v) is 6.53. The Balaban J connectivity index is 1.79. The lowest BCUT2D eigenvalue weighted by molar-refractivity contribution is -0.156. The van der Waals surface area contributed by atoms with Crippen LogP contribution in [0.15, 0.2) is 42.5 Å². The molecule has 0 saturated carbocycles. The van der Waals surface area contributed by atoms with Gasteiger partial charge < -0.3 is 9.80 Å². The zero-order chi connectivity index (χ0) is 18.8. The Morgan fingerprint density at radius 2 is 1.73 bits per heavy atom. The highest BCUT2D eigenvalue weighted by Gasteiger charge is 2.37. The van der Waals surface area contributed by atoms with Crippen LogP contribution in [0.25, 0.3) is 0 Å². The van der Waals surface area contributed by atoms with Gasteiger partial charge in [0.25, 0.3) is 0 Å². The van der Waals surface area contributed by atoms with Crippen molar-refractivity contribution in [3.8, 4) is 0 Å². The molecule has 0 aliphatic carbocycles. The minimum atomic E-state index is -0.778. The van der Waals surface area contributed by atoms with E-state index in [0.29, 0.717) is 12.1 Å². The van der Waals surface area contributed by atoms with Gasteiger partial charge in [0.15, 0.2) is 0 Å². The fourth-order valence-electron chi connectivity index (χ4n) is 3.14. The van der Waals surface area contributed by atoms with Crippen molar-refractivity contribution in [2.24, 2.45) is 0 Å². The molecule has 2 aromatic rings. The SMILES string of the molecule is Cc1ccc(F)c(CN2C(=O)CN(Cc3ccccc3)C(=O)[C@@H]2C)c1F. The van der Waals surface area contributed by atoms with E-state index in [2.05, 4.69) is 0 Å². The van der Waals surface area contributed by atoms with E-state index in [-0.39, 0.29) is 30.5 Å². The summed E-state index contributed by atoms with van der Waals surface area (Å²) in [5.74, 6) is -1.95. The van der Waals surface area contributed by atoms with Crippen LogP contribution in [-0.2, 0) is 22.7 Å². The molecule has 26 heavy (non-hydrogen) atoms. The van der Waals surface area contributed by atoms with Gasteiger partial charge >= 0.3 is 0 Å². The molecule has 136 valence electrons. The zero-order valence-electron chi connectivity index (χ0n) is 14.7. The van der Waals surface area contributed by atoms with Gasteiger partial charge in [0.1, 0.15) is 24.2 Å². The van der Waals surface area contributed by atoms with Crippen LogP contribution in [0.1, 0.15) is 23.6 Å². The van der Waals surface area contributed by atoms with Crippen molar-refractivity contribution in [2.45, 2.75) is 33.0 Å². The number of hydrogen-bond donors (Lipinski definition) is 0. The zero-order valence-corrected chi connectivity index (χ0v) is 14.7. The van der Waals surface area contributed by atoms with Crippen molar-refractivity contribution in [1.29, 1.82) is 0 Å². The third kappa shape index (κ3) is 3.45. The summed E-state index contributed by atoms with van der Waals surface area (Å²) in [6.07, 6.45) is 0. The molecule has 1 aliphatic rings. The molecule has 6 heteroatoms. The van der Waals surface area contributed by atoms with Crippen molar-refractivity contribution in [3.05, 3.63) is 70.8 Å². The van der Waals surface area contributed by atoms with E-state index in [4.69, 9.17) is 0 Å². The van der Waals surface area contributed by atoms with Crippen molar-refractivity contribution >= 4 is 11.8 Å². The molecular formula is C20H20F2N2O2. The Morgan fingerprint density at radius 3 is 2.42 bits per heavy atom. The van der Waals surface area contributed by atoms with Crippen LogP contribution < -0.4 is 0 Å². The summed E-state index contributed by atoms with van der Waals surface area (Å²) in [5.41, 5.74) is 1.04. The van der Waals surface area contributed by atoms with Crippen molar-refractivity contribution in [2.75, 3.05) is 6.54 Å². The molecule has 0 radical (unpaired) electrons. The monoisotopic (exact) mass is 358 g/mol. The topological polar surface area (TPSA) is 40.6 Å².